The molecule has 0 bridgehead atoms. The predicted octanol–water partition coefficient (Wildman–Crippen LogP) is 1.98. The molecule has 7 nitrogen and oxygen atoms in total. The first-order valence-corrected chi connectivity index (χ1v) is 6.54. The largest absolute Gasteiger partial charge is 0.478 e. The van der Waals surface area contributed by atoms with E-state index in [0.717, 1.165) is 5.82 Å². The van der Waals surface area contributed by atoms with Crippen LogP contribution < -0.4 is 0 Å². The van der Waals surface area contributed by atoms with Gasteiger partial charge in [0.15, 0.2) is 5.82 Å². The molecule has 2 heterocycles. The summed E-state index contributed by atoms with van der Waals surface area (Å²) in [7, 11) is 0. The number of para-hydroxylation sites is 1. The van der Waals surface area contributed by atoms with Crippen molar-refractivity contribution in [2.45, 2.75) is 26.8 Å². The molecular weight excluding hydrogens is 272 g/mol. The maximum Gasteiger partial charge on any atom is 0.337 e. The van der Waals surface area contributed by atoms with Crippen LogP contribution in [-0.4, -0.2) is 30.8 Å². The summed E-state index contributed by atoms with van der Waals surface area (Å²) >= 11 is 0. The van der Waals surface area contributed by atoms with Gasteiger partial charge in [0.25, 0.3) is 0 Å². The van der Waals surface area contributed by atoms with Crippen LogP contribution in [0.3, 0.4) is 0 Å². The highest BCUT2D eigenvalue weighted by Gasteiger charge is 2.16. The van der Waals surface area contributed by atoms with Crippen molar-refractivity contribution in [2.75, 3.05) is 0 Å². The van der Waals surface area contributed by atoms with E-state index in [0.29, 0.717) is 35.7 Å². The number of rotatable bonds is 4. The van der Waals surface area contributed by atoms with E-state index in [4.69, 9.17) is 4.52 Å². The standard InChI is InChI=1S/C14H14N4O3/c1-8-15-11-5-3-4-10(14(19)20)13(11)18(8)7-6-12-16-9(2)21-17-12/h3-5H,6-7H2,1-2H3,(H,19,20). The van der Waals surface area contributed by atoms with Crippen LogP contribution in [0, 0.1) is 13.8 Å². The molecule has 0 aliphatic heterocycles. The number of aromatic nitrogens is 4. The number of aryl methyl sites for hydroxylation is 4. The Kier molecular flexibility index (Phi) is 3.17. The molecule has 0 amide bonds. The molecule has 0 atom stereocenters. The lowest BCUT2D eigenvalue weighted by atomic mass is 10.2. The van der Waals surface area contributed by atoms with Gasteiger partial charge in [-0.05, 0) is 19.1 Å². The van der Waals surface area contributed by atoms with Crippen LogP contribution in [0.2, 0.25) is 0 Å². The van der Waals surface area contributed by atoms with E-state index in [1.807, 2.05) is 17.6 Å². The SMILES string of the molecule is Cc1nc(CCn2c(C)nc3cccc(C(=O)O)c32)no1. The van der Waals surface area contributed by atoms with E-state index in [9.17, 15) is 9.90 Å². The van der Waals surface area contributed by atoms with Gasteiger partial charge in [0, 0.05) is 19.9 Å². The van der Waals surface area contributed by atoms with Gasteiger partial charge < -0.3 is 14.2 Å². The number of imidazole rings is 1. The number of carboxylic acid groups (broad SMARTS) is 1. The zero-order chi connectivity index (χ0) is 15.0. The number of hydrogen-bond donors (Lipinski definition) is 1. The Labute approximate surface area is 120 Å². The summed E-state index contributed by atoms with van der Waals surface area (Å²) in [5, 5.41) is 13.2. The Morgan fingerprint density at radius 2 is 2.14 bits per heavy atom. The minimum atomic E-state index is -0.961. The van der Waals surface area contributed by atoms with Gasteiger partial charge in [0.2, 0.25) is 5.89 Å². The van der Waals surface area contributed by atoms with Gasteiger partial charge in [-0.15, -0.1) is 0 Å². The highest BCUT2D eigenvalue weighted by molar-refractivity contribution is 6.01. The van der Waals surface area contributed by atoms with Crippen molar-refractivity contribution in [3.8, 4) is 0 Å². The highest BCUT2D eigenvalue weighted by atomic mass is 16.5. The smallest absolute Gasteiger partial charge is 0.337 e. The Bertz CT molecular complexity index is 819. The number of hydrogen-bond acceptors (Lipinski definition) is 5. The second kappa shape index (κ2) is 5.01. The quantitative estimate of drug-likeness (QED) is 0.788. The molecule has 1 aromatic carbocycles. The molecule has 108 valence electrons. The van der Waals surface area contributed by atoms with Crippen LogP contribution in [0.1, 0.15) is 27.9 Å². The third kappa shape index (κ3) is 2.37. The van der Waals surface area contributed by atoms with E-state index in [-0.39, 0.29) is 5.56 Å². The zero-order valence-electron chi connectivity index (χ0n) is 11.7. The van der Waals surface area contributed by atoms with Crippen molar-refractivity contribution in [3.63, 3.8) is 0 Å². The monoisotopic (exact) mass is 286 g/mol. The second-order valence-electron chi connectivity index (χ2n) is 4.77. The molecule has 1 N–H and O–H groups in total. The zero-order valence-corrected chi connectivity index (χ0v) is 11.7. The van der Waals surface area contributed by atoms with Crippen molar-refractivity contribution in [1.82, 2.24) is 19.7 Å². The summed E-state index contributed by atoms with van der Waals surface area (Å²) in [5.74, 6) is 0.918. The Balaban J connectivity index is 2.01. The van der Waals surface area contributed by atoms with Crippen molar-refractivity contribution in [1.29, 1.82) is 0 Å². The fourth-order valence-electron chi connectivity index (χ4n) is 2.40. The van der Waals surface area contributed by atoms with E-state index in [1.165, 1.54) is 0 Å². The summed E-state index contributed by atoms with van der Waals surface area (Å²) in [4.78, 5) is 19.9. The molecule has 21 heavy (non-hydrogen) atoms. The molecule has 0 saturated heterocycles. The number of benzene rings is 1. The number of fused-ring (bicyclic) bond motifs is 1. The summed E-state index contributed by atoms with van der Waals surface area (Å²) in [6.45, 7) is 4.13. The molecular formula is C14H14N4O3. The van der Waals surface area contributed by atoms with Gasteiger partial charge in [0.1, 0.15) is 5.82 Å². The fourth-order valence-corrected chi connectivity index (χ4v) is 2.40. The Morgan fingerprint density at radius 3 is 2.81 bits per heavy atom. The lowest BCUT2D eigenvalue weighted by molar-refractivity contribution is 0.0698. The molecule has 0 unspecified atom stereocenters. The topological polar surface area (TPSA) is 94.0 Å². The summed E-state index contributed by atoms with van der Waals surface area (Å²) < 4.78 is 6.81. The molecule has 2 aromatic heterocycles. The van der Waals surface area contributed by atoms with Gasteiger partial charge >= 0.3 is 5.97 Å². The van der Waals surface area contributed by atoms with Crippen molar-refractivity contribution >= 4 is 17.0 Å². The van der Waals surface area contributed by atoms with Gasteiger partial charge in [-0.25, -0.2) is 9.78 Å². The third-order valence-corrected chi connectivity index (χ3v) is 3.32. The van der Waals surface area contributed by atoms with E-state index in [2.05, 4.69) is 15.1 Å². The Hall–Kier alpha value is -2.70. The average Bonchev–Trinajstić information content (AvgIpc) is 2.98. The number of nitrogens with zero attached hydrogens (tertiary/aromatic N) is 4. The van der Waals surface area contributed by atoms with Gasteiger partial charge in [-0.3, -0.25) is 0 Å². The number of carboxylic acids is 1. The molecule has 3 rings (SSSR count). The van der Waals surface area contributed by atoms with E-state index >= 15 is 0 Å². The molecule has 0 radical (unpaired) electrons. The van der Waals surface area contributed by atoms with E-state index < -0.39 is 5.97 Å². The number of carbonyl (C=O) groups is 1. The highest BCUT2D eigenvalue weighted by Crippen LogP contribution is 2.21. The molecule has 3 aromatic rings. The van der Waals surface area contributed by atoms with Gasteiger partial charge in [-0.2, -0.15) is 4.98 Å². The van der Waals surface area contributed by atoms with Crippen molar-refractivity contribution < 1.29 is 14.4 Å². The first kappa shape index (κ1) is 13.3. The van der Waals surface area contributed by atoms with E-state index in [1.54, 1.807) is 19.1 Å². The first-order valence-electron chi connectivity index (χ1n) is 6.54. The molecule has 0 saturated carbocycles. The first-order chi connectivity index (χ1) is 10.1. The maximum atomic E-state index is 11.4. The third-order valence-electron chi connectivity index (χ3n) is 3.32. The van der Waals surface area contributed by atoms with Gasteiger partial charge in [0.05, 0.1) is 16.6 Å². The van der Waals surface area contributed by atoms with Crippen LogP contribution in [-0.2, 0) is 13.0 Å². The average molecular weight is 286 g/mol. The molecule has 7 heteroatoms. The van der Waals surface area contributed by atoms with Crippen LogP contribution in [0.4, 0.5) is 0 Å². The van der Waals surface area contributed by atoms with Crippen molar-refractivity contribution in [3.05, 3.63) is 41.3 Å². The summed E-state index contributed by atoms with van der Waals surface area (Å²) in [6.07, 6.45) is 0.553. The summed E-state index contributed by atoms with van der Waals surface area (Å²) in [5.41, 5.74) is 1.55. The normalized spacial score (nSPS) is 11.1. The molecule has 0 fully saturated rings. The lowest BCUT2D eigenvalue weighted by Crippen LogP contribution is -2.08. The second-order valence-corrected chi connectivity index (χ2v) is 4.77. The van der Waals surface area contributed by atoms with Crippen LogP contribution in [0.5, 0.6) is 0 Å². The molecule has 0 aliphatic carbocycles. The molecule has 0 aliphatic rings. The van der Waals surface area contributed by atoms with Crippen LogP contribution >= 0.6 is 0 Å². The minimum Gasteiger partial charge on any atom is -0.478 e. The minimum absolute atomic E-state index is 0.248. The fraction of sp³-hybridized carbons (Fsp3) is 0.286. The van der Waals surface area contributed by atoms with Crippen LogP contribution in [0.25, 0.3) is 11.0 Å². The lowest BCUT2D eigenvalue weighted by Gasteiger charge is -2.06. The van der Waals surface area contributed by atoms with Gasteiger partial charge in [-0.1, -0.05) is 11.2 Å². The predicted molar refractivity (Wildman–Crippen MR) is 74.2 cm³/mol. The summed E-state index contributed by atoms with van der Waals surface area (Å²) in [6, 6.07) is 5.09. The number of aromatic carboxylic acids is 1. The Morgan fingerprint density at radius 1 is 1.33 bits per heavy atom. The van der Waals surface area contributed by atoms with Crippen molar-refractivity contribution in [2.24, 2.45) is 0 Å². The van der Waals surface area contributed by atoms with Crippen LogP contribution in [0.15, 0.2) is 22.7 Å². The maximum absolute atomic E-state index is 11.4. The molecule has 0 spiro atoms.